The zero-order valence-corrected chi connectivity index (χ0v) is 10.9. The van der Waals surface area contributed by atoms with Gasteiger partial charge in [-0.15, -0.1) is 0 Å². The van der Waals surface area contributed by atoms with E-state index in [0.717, 1.165) is 5.75 Å². The molecular formula is C14H17BrO. The summed E-state index contributed by atoms with van der Waals surface area (Å²) in [4.78, 5) is 0.656. The van der Waals surface area contributed by atoms with Crippen molar-refractivity contribution >= 4 is 15.9 Å². The summed E-state index contributed by atoms with van der Waals surface area (Å²) in [5.41, 5.74) is 1.44. The fraction of sp³-hybridized carbons (Fsp3) is 0.571. The Balaban J connectivity index is 1.77. The second kappa shape index (κ2) is 4.40. The predicted molar refractivity (Wildman–Crippen MR) is 69.4 cm³/mol. The highest BCUT2D eigenvalue weighted by atomic mass is 79.9. The number of hydrogen-bond donors (Lipinski definition) is 0. The zero-order valence-electron chi connectivity index (χ0n) is 9.36. The molecule has 0 aliphatic heterocycles. The van der Waals surface area contributed by atoms with E-state index in [1.54, 1.807) is 0 Å². The predicted octanol–water partition coefficient (Wildman–Crippen LogP) is 4.26. The molecule has 2 atom stereocenters. The molecule has 1 aromatic rings. The zero-order chi connectivity index (χ0) is 11.0. The largest absolute Gasteiger partial charge is 0.490 e. The van der Waals surface area contributed by atoms with Gasteiger partial charge >= 0.3 is 0 Å². The molecule has 0 radical (unpaired) electrons. The Labute approximate surface area is 105 Å². The van der Waals surface area contributed by atoms with Crippen molar-refractivity contribution in [3.8, 4) is 5.75 Å². The van der Waals surface area contributed by atoms with Gasteiger partial charge in [0, 0.05) is 4.83 Å². The van der Waals surface area contributed by atoms with Gasteiger partial charge in [-0.2, -0.15) is 0 Å². The summed E-state index contributed by atoms with van der Waals surface area (Å²) >= 11 is 3.79. The first-order chi connectivity index (χ1) is 7.83. The second-order valence-corrected chi connectivity index (χ2v) is 6.12. The van der Waals surface area contributed by atoms with Gasteiger partial charge in [0.2, 0.25) is 0 Å². The van der Waals surface area contributed by atoms with Crippen molar-refractivity contribution in [3.63, 3.8) is 0 Å². The average molecular weight is 281 g/mol. The van der Waals surface area contributed by atoms with E-state index in [9.17, 15) is 0 Å². The van der Waals surface area contributed by atoms with Crippen molar-refractivity contribution in [2.45, 2.75) is 49.0 Å². The average Bonchev–Trinajstić information content (AvgIpc) is 2.99. The first kappa shape index (κ1) is 10.6. The number of halogens is 1. The van der Waals surface area contributed by atoms with Crippen molar-refractivity contribution in [1.82, 2.24) is 0 Å². The van der Waals surface area contributed by atoms with Crippen molar-refractivity contribution in [1.29, 1.82) is 0 Å². The fourth-order valence-electron chi connectivity index (χ4n) is 2.49. The van der Waals surface area contributed by atoms with Crippen LogP contribution in [0.5, 0.6) is 5.75 Å². The van der Waals surface area contributed by atoms with Gasteiger partial charge in [0.1, 0.15) is 5.75 Å². The molecule has 0 spiro atoms. The monoisotopic (exact) mass is 280 g/mol. The van der Waals surface area contributed by atoms with Crippen LogP contribution in [0.15, 0.2) is 24.3 Å². The van der Waals surface area contributed by atoms with Crippen LogP contribution in [0.2, 0.25) is 0 Å². The third-order valence-electron chi connectivity index (χ3n) is 3.54. The Morgan fingerprint density at radius 2 is 2.00 bits per heavy atom. The van der Waals surface area contributed by atoms with Crippen molar-refractivity contribution < 1.29 is 4.74 Å². The highest BCUT2D eigenvalue weighted by Gasteiger charge is 2.27. The molecule has 2 saturated carbocycles. The van der Waals surface area contributed by atoms with E-state index in [-0.39, 0.29) is 0 Å². The van der Waals surface area contributed by atoms with Gasteiger partial charge in [-0.25, -0.2) is 0 Å². The lowest BCUT2D eigenvalue weighted by Crippen LogP contribution is -2.05. The number of hydrogen-bond acceptors (Lipinski definition) is 1. The molecule has 0 aromatic heterocycles. The summed E-state index contributed by atoms with van der Waals surface area (Å²) < 4.78 is 5.85. The number of rotatable bonds is 3. The van der Waals surface area contributed by atoms with E-state index < -0.39 is 0 Å². The number of benzene rings is 1. The summed E-state index contributed by atoms with van der Waals surface area (Å²) in [7, 11) is 0. The van der Waals surface area contributed by atoms with E-state index in [2.05, 4.69) is 40.2 Å². The Kier molecular flexibility index (Phi) is 2.93. The van der Waals surface area contributed by atoms with Gasteiger partial charge in [0.15, 0.2) is 0 Å². The third kappa shape index (κ3) is 2.27. The van der Waals surface area contributed by atoms with Crippen LogP contribution >= 0.6 is 15.9 Å². The second-order valence-electron chi connectivity index (χ2n) is 4.94. The molecule has 2 aliphatic rings. The minimum Gasteiger partial charge on any atom is -0.490 e. The molecule has 0 N–H and O–H groups in total. The van der Waals surface area contributed by atoms with Crippen LogP contribution in [-0.4, -0.2) is 10.9 Å². The molecule has 2 unspecified atom stereocenters. The highest BCUT2D eigenvalue weighted by Crippen LogP contribution is 2.40. The van der Waals surface area contributed by atoms with Crippen LogP contribution in [0.3, 0.4) is 0 Å². The molecule has 0 heterocycles. The van der Waals surface area contributed by atoms with E-state index in [0.29, 0.717) is 16.8 Å². The molecule has 0 bridgehead atoms. The molecule has 2 heteroatoms. The molecule has 0 amide bonds. The maximum atomic E-state index is 5.85. The first-order valence-corrected chi connectivity index (χ1v) is 7.15. The van der Waals surface area contributed by atoms with Crippen LogP contribution in [0.4, 0.5) is 0 Å². The quantitative estimate of drug-likeness (QED) is 0.752. The number of alkyl halides is 1. The molecule has 3 rings (SSSR count). The van der Waals surface area contributed by atoms with E-state index in [4.69, 9.17) is 4.74 Å². The topological polar surface area (TPSA) is 9.23 Å². The lowest BCUT2D eigenvalue weighted by Gasteiger charge is -2.15. The van der Waals surface area contributed by atoms with Gasteiger partial charge in [-0.1, -0.05) is 34.5 Å². The molecule has 1 nitrogen and oxygen atoms in total. The molecule has 0 saturated heterocycles. The smallest absolute Gasteiger partial charge is 0.120 e. The maximum Gasteiger partial charge on any atom is 0.120 e. The maximum absolute atomic E-state index is 5.85. The SMILES string of the molecule is BrC1CCCC1c1cccc(OC2CC2)c1. The van der Waals surface area contributed by atoms with Crippen LogP contribution < -0.4 is 4.74 Å². The Morgan fingerprint density at radius 3 is 2.69 bits per heavy atom. The molecule has 16 heavy (non-hydrogen) atoms. The van der Waals surface area contributed by atoms with Crippen molar-refractivity contribution in [2.24, 2.45) is 0 Å². The Bertz CT molecular complexity index is 373. The van der Waals surface area contributed by atoms with E-state index >= 15 is 0 Å². The molecule has 2 aliphatic carbocycles. The van der Waals surface area contributed by atoms with E-state index in [1.165, 1.54) is 37.7 Å². The van der Waals surface area contributed by atoms with Gasteiger partial charge in [0.25, 0.3) is 0 Å². The molecule has 86 valence electrons. The molecule has 2 fully saturated rings. The van der Waals surface area contributed by atoms with Gasteiger partial charge in [-0.3, -0.25) is 0 Å². The van der Waals surface area contributed by atoms with Crippen LogP contribution in [0.25, 0.3) is 0 Å². The first-order valence-electron chi connectivity index (χ1n) is 6.23. The summed E-state index contributed by atoms with van der Waals surface area (Å²) in [6.45, 7) is 0. The van der Waals surface area contributed by atoms with E-state index in [1.807, 2.05) is 0 Å². The minimum atomic E-state index is 0.499. The Morgan fingerprint density at radius 1 is 1.12 bits per heavy atom. The summed E-state index contributed by atoms with van der Waals surface area (Å²) in [5, 5.41) is 0. The van der Waals surface area contributed by atoms with Crippen molar-refractivity contribution in [3.05, 3.63) is 29.8 Å². The normalized spacial score (nSPS) is 29.3. The van der Waals surface area contributed by atoms with Crippen molar-refractivity contribution in [2.75, 3.05) is 0 Å². The third-order valence-corrected chi connectivity index (χ3v) is 4.64. The van der Waals surface area contributed by atoms with Gasteiger partial charge in [0.05, 0.1) is 6.10 Å². The lowest BCUT2D eigenvalue weighted by molar-refractivity contribution is 0.302. The summed E-state index contributed by atoms with van der Waals surface area (Å²) in [5.74, 6) is 1.74. The Hall–Kier alpha value is -0.500. The lowest BCUT2D eigenvalue weighted by atomic mass is 9.97. The highest BCUT2D eigenvalue weighted by molar-refractivity contribution is 9.09. The van der Waals surface area contributed by atoms with Crippen LogP contribution in [0.1, 0.15) is 43.6 Å². The molecular weight excluding hydrogens is 264 g/mol. The standard InChI is InChI=1S/C14H17BrO/c15-14-6-2-5-13(14)10-3-1-4-12(9-10)16-11-7-8-11/h1,3-4,9,11,13-14H,2,5-8H2. The summed E-state index contributed by atoms with van der Waals surface area (Å²) in [6, 6.07) is 8.69. The van der Waals surface area contributed by atoms with Gasteiger partial charge < -0.3 is 4.74 Å². The van der Waals surface area contributed by atoms with Crippen LogP contribution in [0, 0.1) is 0 Å². The van der Waals surface area contributed by atoms with Crippen LogP contribution in [-0.2, 0) is 0 Å². The summed E-state index contributed by atoms with van der Waals surface area (Å²) in [6.07, 6.45) is 6.91. The fourth-order valence-corrected chi connectivity index (χ4v) is 3.38. The minimum absolute atomic E-state index is 0.499. The number of ether oxygens (including phenoxy) is 1. The molecule has 1 aromatic carbocycles. The van der Waals surface area contributed by atoms with Gasteiger partial charge in [-0.05, 0) is 49.3 Å².